The molecule has 1 aliphatic heterocycles. The van der Waals surface area contributed by atoms with Gasteiger partial charge in [-0.1, -0.05) is 41.9 Å². The Morgan fingerprint density at radius 3 is 2.41 bits per heavy atom. The molecule has 3 aromatic rings. The smallest absolute Gasteiger partial charge is 0.306 e. The van der Waals surface area contributed by atoms with Gasteiger partial charge in [-0.3, -0.25) is 9.69 Å². The molecule has 32 heavy (non-hydrogen) atoms. The third kappa shape index (κ3) is 5.06. The monoisotopic (exact) mass is 451 g/mol. The number of hydrogen-bond donors (Lipinski definition) is 1. The van der Waals surface area contributed by atoms with Crippen molar-refractivity contribution in [1.29, 1.82) is 0 Å². The van der Waals surface area contributed by atoms with Crippen LogP contribution in [0.15, 0.2) is 72.8 Å². The molecule has 1 heterocycles. The number of aliphatic carboxylic acids is 1. The van der Waals surface area contributed by atoms with E-state index in [9.17, 15) is 9.90 Å². The zero-order valence-corrected chi connectivity index (χ0v) is 18.7. The van der Waals surface area contributed by atoms with E-state index >= 15 is 0 Å². The number of carboxylic acid groups (broad SMARTS) is 1. The van der Waals surface area contributed by atoms with Crippen LogP contribution >= 0.6 is 11.6 Å². The summed E-state index contributed by atoms with van der Waals surface area (Å²) in [6, 6.07) is 23.1. The summed E-state index contributed by atoms with van der Waals surface area (Å²) in [6.07, 6.45) is 1.21. The summed E-state index contributed by atoms with van der Waals surface area (Å²) in [4.78, 5) is 13.8. The van der Waals surface area contributed by atoms with Crippen molar-refractivity contribution in [2.24, 2.45) is 5.92 Å². The number of rotatable bonds is 7. The number of carboxylic acids is 1. The van der Waals surface area contributed by atoms with Gasteiger partial charge < -0.3 is 14.6 Å². The van der Waals surface area contributed by atoms with Gasteiger partial charge in [-0.2, -0.15) is 0 Å². The normalized spacial score (nSPS) is 15.8. The largest absolute Gasteiger partial charge is 0.496 e. The van der Waals surface area contributed by atoms with Gasteiger partial charge in [0.1, 0.15) is 17.2 Å². The molecule has 0 aliphatic carbocycles. The van der Waals surface area contributed by atoms with Crippen molar-refractivity contribution in [3.8, 4) is 17.2 Å². The SMILES string of the molecule is COc1ccc(Cl)cc1C(c1cccc(Oc2ccccc2)c1)N1CCC(C(=O)O)CC1. The Hall–Kier alpha value is -3.02. The van der Waals surface area contributed by atoms with Gasteiger partial charge in [0.15, 0.2) is 0 Å². The standard InChI is InChI=1S/C26H26ClNO4/c1-31-24-11-10-20(27)17-23(24)25(28-14-12-18(13-15-28)26(29)30)19-6-5-9-22(16-19)32-21-7-3-2-4-8-21/h2-11,16-18,25H,12-15H2,1H3,(H,29,30). The van der Waals surface area contributed by atoms with Crippen LogP contribution in [0.3, 0.4) is 0 Å². The highest BCUT2D eigenvalue weighted by molar-refractivity contribution is 6.30. The van der Waals surface area contributed by atoms with Gasteiger partial charge in [-0.05, 0) is 74.0 Å². The molecule has 1 N–H and O–H groups in total. The van der Waals surface area contributed by atoms with E-state index in [2.05, 4.69) is 11.0 Å². The lowest BCUT2D eigenvalue weighted by molar-refractivity contribution is -0.143. The van der Waals surface area contributed by atoms with Crippen LogP contribution < -0.4 is 9.47 Å². The predicted molar refractivity (Wildman–Crippen MR) is 125 cm³/mol. The van der Waals surface area contributed by atoms with Crippen LogP contribution in [0.2, 0.25) is 5.02 Å². The maximum absolute atomic E-state index is 11.5. The van der Waals surface area contributed by atoms with E-state index in [0.29, 0.717) is 31.0 Å². The van der Waals surface area contributed by atoms with Crippen LogP contribution in [-0.2, 0) is 4.79 Å². The minimum atomic E-state index is -0.722. The molecule has 5 nitrogen and oxygen atoms in total. The molecule has 1 unspecified atom stereocenters. The lowest BCUT2D eigenvalue weighted by atomic mass is 9.91. The molecule has 3 aromatic carbocycles. The Balaban J connectivity index is 1.71. The highest BCUT2D eigenvalue weighted by Gasteiger charge is 2.32. The fourth-order valence-electron chi connectivity index (χ4n) is 4.28. The maximum Gasteiger partial charge on any atom is 0.306 e. The average molecular weight is 452 g/mol. The fraction of sp³-hybridized carbons (Fsp3) is 0.269. The topological polar surface area (TPSA) is 59.0 Å². The first-order valence-electron chi connectivity index (χ1n) is 10.7. The number of nitrogens with zero attached hydrogens (tertiary/aromatic N) is 1. The average Bonchev–Trinajstić information content (AvgIpc) is 2.81. The molecule has 0 amide bonds. The zero-order valence-electron chi connectivity index (χ0n) is 17.9. The van der Waals surface area contributed by atoms with E-state index < -0.39 is 5.97 Å². The second-order valence-electron chi connectivity index (χ2n) is 7.92. The summed E-state index contributed by atoms with van der Waals surface area (Å²) in [7, 11) is 1.65. The first-order chi connectivity index (χ1) is 15.5. The van der Waals surface area contributed by atoms with Crippen molar-refractivity contribution in [2.75, 3.05) is 20.2 Å². The number of benzene rings is 3. The van der Waals surface area contributed by atoms with Crippen molar-refractivity contribution in [1.82, 2.24) is 4.90 Å². The van der Waals surface area contributed by atoms with Crippen molar-refractivity contribution in [3.05, 3.63) is 88.9 Å². The third-order valence-corrected chi connectivity index (χ3v) is 6.12. The van der Waals surface area contributed by atoms with Crippen LogP contribution in [0.25, 0.3) is 0 Å². The molecule has 0 saturated carbocycles. The molecule has 6 heteroatoms. The number of hydrogen-bond acceptors (Lipinski definition) is 4. The molecule has 1 fully saturated rings. The van der Waals surface area contributed by atoms with Gasteiger partial charge >= 0.3 is 5.97 Å². The quantitative estimate of drug-likeness (QED) is 0.475. The Morgan fingerprint density at radius 2 is 1.72 bits per heavy atom. The summed E-state index contributed by atoms with van der Waals surface area (Å²) in [6.45, 7) is 1.34. The Morgan fingerprint density at radius 1 is 1.00 bits per heavy atom. The van der Waals surface area contributed by atoms with Crippen molar-refractivity contribution >= 4 is 17.6 Å². The van der Waals surface area contributed by atoms with E-state index in [-0.39, 0.29) is 12.0 Å². The minimum Gasteiger partial charge on any atom is -0.496 e. The second-order valence-corrected chi connectivity index (χ2v) is 8.36. The summed E-state index contributed by atoms with van der Waals surface area (Å²) >= 11 is 6.37. The van der Waals surface area contributed by atoms with E-state index in [4.69, 9.17) is 21.1 Å². The summed E-state index contributed by atoms with van der Waals surface area (Å²) in [5.41, 5.74) is 1.98. The van der Waals surface area contributed by atoms with Gasteiger partial charge in [-0.15, -0.1) is 0 Å². The van der Waals surface area contributed by atoms with Gasteiger partial charge in [0.25, 0.3) is 0 Å². The van der Waals surface area contributed by atoms with Crippen molar-refractivity contribution in [2.45, 2.75) is 18.9 Å². The van der Waals surface area contributed by atoms with Crippen LogP contribution in [0.4, 0.5) is 0 Å². The highest BCUT2D eigenvalue weighted by Crippen LogP contribution is 2.39. The third-order valence-electron chi connectivity index (χ3n) is 5.88. The molecule has 0 aromatic heterocycles. The molecule has 166 valence electrons. The molecule has 0 radical (unpaired) electrons. The predicted octanol–water partition coefficient (Wildman–Crippen LogP) is 6.03. The van der Waals surface area contributed by atoms with Gasteiger partial charge in [-0.25, -0.2) is 0 Å². The molecule has 4 rings (SSSR count). The minimum absolute atomic E-state index is 0.141. The number of methoxy groups -OCH3 is 1. The molecule has 1 saturated heterocycles. The van der Waals surface area contributed by atoms with Crippen molar-refractivity contribution < 1.29 is 19.4 Å². The van der Waals surface area contributed by atoms with E-state index in [1.165, 1.54) is 0 Å². The summed E-state index contributed by atoms with van der Waals surface area (Å²) in [5, 5.41) is 10.0. The molecule has 1 aliphatic rings. The fourth-order valence-corrected chi connectivity index (χ4v) is 4.46. The second kappa shape index (κ2) is 10.1. The number of likely N-dealkylation sites (tertiary alicyclic amines) is 1. The first kappa shape index (κ1) is 22.2. The number of para-hydroxylation sites is 1. The Labute approximate surface area is 193 Å². The zero-order chi connectivity index (χ0) is 22.5. The van der Waals surface area contributed by atoms with Crippen LogP contribution in [0.5, 0.6) is 17.2 Å². The number of piperidine rings is 1. The highest BCUT2D eigenvalue weighted by atomic mass is 35.5. The molecule has 1 atom stereocenters. The Kier molecular flexibility index (Phi) is 6.98. The van der Waals surface area contributed by atoms with Gasteiger partial charge in [0, 0.05) is 10.6 Å². The van der Waals surface area contributed by atoms with E-state index in [1.54, 1.807) is 7.11 Å². The molecule has 0 spiro atoms. The van der Waals surface area contributed by atoms with E-state index in [0.717, 1.165) is 28.4 Å². The summed E-state index contributed by atoms with van der Waals surface area (Å²) in [5.74, 6) is 1.22. The van der Waals surface area contributed by atoms with Gasteiger partial charge in [0.2, 0.25) is 0 Å². The van der Waals surface area contributed by atoms with Crippen LogP contribution in [0, 0.1) is 5.92 Å². The van der Waals surface area contributed by atoms with Crippen LogP contribution in [-0.4, -0.2) is 36.2 Å². The van der Waals surface area contributed by atoms with E-state index in [1.807, 2.05) is 66.7 Å². The molecule has 0 bridgehead atoms. The number of halogens is 1. The molecular weight excluding hydrogens is 426 g/mol. The number of ether oxygens (including phenoxy) is 2. The van der Waals surface area contributed by atoms with Crippen LogP contribution in [0.1, 0.15) is 30.0 Å². The summed E-state index contributed by atoms with van der Waals surface area (Å²) < 4.78 is 11.7. The number of carbonyl (C=O) groups is 1. The lowest BCUT2D eigenvalue weighted by Gasteiger charge is -2.37. The van der Waals surface area contributed by atoms with Gasteiger partial charge in [0.05, 0.1) is 19.1 Å². The Bertz CT molecular complexity index is 1060. The molecular formula is C26H26ClNO4. The maximum atomic E-state index is 11.5. The first-order valence-corrected chi connectivity index (χ1v) is 11.1. The van der Waals surface area contributed by atoms with Crippen molar-refractivity contribution in [3.63, 3.8) is 0 Å². The lowest BCUT2D eigenvalue weighted by Crippen LogP contribution is -2.39.